The Labute approximate surface area is 149 Å². The molecular weight excluding hydrogens is 312 g/mol. The van der Waals surface area contributed by atoms with Crippen LogP contribution in [-0.2, 0) is 4.79 Å². The first kappa shape index (κ1) is 17.7. The molecule has 2 fully saturated rings. The van der Waals surface area contributed by atoms with Crippen LogP contribution in [0.1, 0.15) is 36.8 Å². The number of carbonyl (C=O) groups excluding carboxylic acids is 1. The quantitative estimate of drug-likeness (QED) is 0.569. The lowest BCUT2D eigenvalue weighted by atomic mass is 10.1. The maximum absolute atomic E-state index is 12.3. The molecule has 0 unspecified atom stereocenters. The topological polar surface area (TPSA) is 82.2 Å². The van der Waals surface area contributed by atoms with Gasteiger partial charge in [-0.3, -0.25) is 10.2 Å². The zero-order chi connectivity index (χ0) is 17.8. The van der Waals surface area contributed by atoms with Gasteiger partial charge in [-0.2, -0.15) is 0 Å². The molecular formula is C20H28N4O. The summed E-state index contributed by atoms with van der Waals surface area (Å²) in [5, 5.41) is 10.7. The number of benzene rings is 1. The van der Waals surface area contributed by atoms with E-state index in [2.05, 4.69) is 10.2 Å². The van der Waals surface area contributed by atoms with Crippen molar-refractivity contribution < 1.29 is 4.79 Å². The monoisotopic (exact) mass is 340 g/mol. The maximum Gasteiger partial charge on any atom is 0.228 e. The molecule has 1 saturated heterocycles. The van der Waals surface area contributed by atoms with E-state index in [0.717, 1.165) is 37.2 Å². The molecule has 1 heterocycles. The Kier molecular flexibility index (Phi) is 5.53. The number of hydrogen-bond acceptors (Lipinski definition) is 4. The number of hydrogen-bond donors (Lipinski definition) is 3. The van der Waals surface area contributed by atoms with Crippen molar-refractivity contribution in [1.82, 2.24) is 10.2 Å². The Morgan fingerprint density at radius 2 is 2.04 bits per heavy atom. The van der Waals surface area contributed by atoms with Crippen LogP contribution in [0, 0.1) is 24.2 Å². The molecule has 0 aromatic heterocycles. The van der Waals surface area contributed by atoms with Gasteiger partial charge in [0.05, 0.1) is 0 Å². The summed E-state index contributed by atoms with van der Waals surface area (Å²) in [5.41, 5.74) is 8.54. The largest absolute Gasteiger partial charge is 0.398 e. The number of likely N-dealkylation sites (tertiary alicyclic amines) is 1. The number of amides is 1. The molecule has 2 aliphatic rings. The molecule has 5 nitrogen and oxygen atoms in total. The minimum Gasteiger partial charge on any atom is -0.398 e. The van der Waals surface area contributed by atoms with Gasteiger partial charge in [0.25, 0.3) is 0 Å². The van der Waals surface area contributed by atoms with Crippen LogP contribution in [0.3, 0.4) is 0 Å². The third-order valence-corrected chi connectivity index (χ3v) is 5.21. The van der Waals surface area contributed by atoms with E-state index in [9.17, 15) is 4.79 Å². The van der Waals surface area contributed by atoms with E-state index in [1.165, 1.54) is 25.3 Å². The van der Waals surface area contributed by atoms with Crippen molar-refractivity contribution >= 4 is 17.4 Å². The number of aryl methyl sites for hydroxylation is 1. The summed E-state index contributed by atoms with van der Waals surface area (Å²) < 4.78 is 0. The smallest absolute Gasteiger partial charge is 0.228 e. The van der Waals surface area contributed by atoms with Crippen molar-refractivity contribution in [2.24, 2.45) is 17.6 Å². The van der Waals surface area contributed by atoms with Crippen LogP contribution >= 0.6 is 0 Å². The van der Waals surface area contributed by atoms with Crippen LogP contribution in [0.25, 0.3) is 5.70 Å². The average molecular weight is 340 g/mol. The summed E-state index contributed by atoms with van der Waals surface area (Å²) in [4.78, 5) is 14.8. The molecule has 0 spiro atoms. The summed E-state index contributed by atoms with van der Waals surface area (Å²) in [5.74, 6) is 0.522. The van der Waals surface area contributed by atoms with Gasteiger partial charge in [0.1, 0.15) is 5.84 Å². The van der Waals surface area contributed by atoms with Crippen molar-refractivity contribution in [2.45, 2.75) is 32.6 Å². The second kappa shape index (κ2) is 7.83. The summed E-state index contributed by atoms with van der Waals surface area (Å²) in [6.07, 6.45) is 6.35. The van der Waals surface area contributed by atoms with Gasteiger partial charge >= 0.3 is 0 Å². The third kappa shape index (κ3) is 4.69. The molecule has 1 aromatic carbocycles. The molecule has 1 saturated carbocycles. The number of carbonyl (C=O) groups is 1. The van der Waals surface area contributed by atoms with Crippen LogP contribution in [0.4, 0.5) is 0 Å². The molecule has 0 radical (unpaired) electrons. The van der Waals surface area contributed by atoms with E-state index in [-0.39, 0.29) is 17.7 Å². The zero-order valence-corrected chi connectivity index (χ0v) is 14.9. The molecule has 2 atom stereocenters. The number of nitrogens with one attached hydrogen (secondary N) is 2. The lowest BCUT2D eigenvalue weighted by Crippen LogP contribution is -2.34. The van der Waals surface area contributed by atoms with E-state index in [4.69, 9.17) is 11.1 Å². The molecule has 1 aliphatic heterocycles. The zero-order valence-electron chi connectivity index (χ0n) is 14.9. The second-order valence-electron chi connectivity index (χ2n) is 7.28. The maximum atomic E-state index is 12.3. The van der Waals surface area contributed by atoms with Crippen molar-refractivity contribution in [3.05, 3.63) is 41.5 Å². The van der Waals surface area contributed by atoms with Crippen molar-refractivity contribution in [3.8, 4) is 0 Å². The Morgan fingerprint density at radius 3 is 2.76 bits per heavy atom. The van der Waals surface area contributed by atoms with Gasteiger partial charge in [-0.05, 0) is 50.8 Å². The van der Waals surface area contributed by atoms with Gasteiger partial charge in [0.2, 0.25) is 5.91 Å². The highest BCUT2D eigenvalue weighted by Crippen LogP contribution is 2.39. The van der Waals surface area contributed by atoms with Crippen LogP contribution in [0.5, 0.6) is 0 Å². The van der Waals surface area contributed by atoms with Gasteiger partial charge in [0.15, 0.2) is 0 Å². The molecule has 5 heteroatoms. The van der Waals surface area contributed by atoms with Gasteiger partial charge in [0, 0.05) is 29.8 Å². The standard InChI is InChI=1S/C20H28N4O/c1-14-7-3-4-8-16(14)18(21)12-19(22)23-20(25)17-11-15(17)13-24-9-5-2-6-10-24/h3-4,7-8,12,15,17H,2,5-6,9-11,13,21H2,1H3,(H2,22,23,25)/t15-,17+/m1/s1. The molecule has 3 rings (SSSR count). The fraction of sp³-hybridized carbons (Fsp3) is 0.500. The number of nitrogens with zero attached hydrogens (tertiary/aromatic N) is 1. The fourth-order valence-corrected chi connectivity index (χ4v) is 3.64. The number of rotatable bonds is 5. The van der Waals surface area contributed by atoms with Crippen LogP contribution in [-0.4, -0.2) is 36.3 Å². The van der Waals surface area contributed by atoms with Crippen LogP contribution in [0.2, 0.25) is 0 Å². The predicted octanol–water partition coefficient (Wildman–Crippen LogP) is 2.51. The van der Waals surface area contributed by atoms with Gasteiger partial charge in [-0.1, -0.05) is 30.7 Å². The molecule has 1 aromatic rings. The van der Waals surface area contributed by atoms with E-state index in [1.54, 1.807) is 0 Å². The SMILES string of the molecule is Cc1ccccc1C(N)=CC(=N)NC(=O)[C@H]1C[C@@H]1CN1CCCCC1. The number of piperidine rings is 1. The van der Waals surface area contributed by atoms with Gasteiger partial charge in [-0.15, -0.1) is 0 Å². The molecule has 1 aliphatic carbocycles. The average Bonchev–Trinajstić information content (AvgIpc) is 3.35. The predicted molar refractivity (Wildman–Crippen MR) is 101 cm³/mol. The Balaban J connectivity index is 1.49. The Morgan fingerprint density at radius 1 is 1.32 bits per heavy atom. The first-order valence-electron chi connectivity index (χ1n) is 9.19. The van der Waals surface area contributed by atoms with E-state index < -0.39 is 0 Å². The first-order valence-corrected chi connectivity index (χ1v) is 9.19. The number of nitrogens with two attached hydrogens (primary N) is 1. The highest BCUT2D eigenvalue weighted by atomic mass is 16.2. The van der Waals surface area contributed by atoms with E-state index >= 15 is 0 Å². The second-order valence-corrected chi connectivity index (χ2v) is 7.28. The van der Waals surface area contributed by atoms with Crippen molar-refractivity contribution in [3.63, 3.8) is 0 Å². The van der Waals surface area contributed by atoms with Gasteiger partial charge in [-0.25, -0.2) is 0 Å². The lowest BCUT2D eigenvalue weighted by Gasteiger charge is -2.26. The van der Waals surface area contributed by atoms with E-state index in [0.29, 0.717) is 11.6 Å². The van der Waals surface area contributed by atoms with Crippen LogP contribution < -0.4 is 11.1 Å². The highest BCUT2D eigenvalue weighted by molar-refractivity contribution is 6.06. The van der Waals surface area contributed by atoms with Crippen molar-refractivity contribution in [2.75, 3.05) is 19.6 Å². The summed E-state index contributed by atoms with van der Waals surface area (Å²) >= 11 is 0. The summed E-state index contributed by atoms with van der Waals surface area (Å²) in [7, 11) is 0. The minimum absolute atomic E-state index is 0.0409. The Hall–Kier alpha value is -2.14. The van der Waals surface area contributed by atoms with Gasteiger partial charge < -0.3 is 16.0 Å². The Bertz CT molecular complexity index is 676. The van der Waals surface area contributed by atoms with Crippen LogP contribution in [0.15, 0.2) is 30.3 Å². The molecule has 134 valence electrons. The number of amidine groups is 1. The molecule has 0 bridgehead atoms. The van der Waals surface area contributed by atoms with E-state index in [1.807, 2.05) is 31.2 Å². The third-order valence-electron chi connectivity index (χ3n) is 5.21. The summed E-state index contributed by atoms with van der Waals surface area (Å²) in [6, 6.07) is 7.77. The fourth-order valence-electron chi connectivity index (χ4n) is 3.64. The molecule has 1 amide bonds. The normalized spacial score (nSPS) is 24.0. The lowest BCUT2D eigenvalue weighted by molar-refractivity contribution is -0.121. The summed E-state index contributed by atoms with van der Waals surface area (Å²) in [6.45, 7) is 5.33. The van der Waals surface area contributed by atoms with Crippen molar-refractivity contribution in [1.29, 1.82) is 5.41 Å². The highest BCUT2D eigenvalue weighted by Gasteiger charge is 2.43. The molecule has 4 N–H and O–H groups in total. The first-order chi connectivity index (χ1) is 12.0. The minimum atomic E-state index is -0.0409. The molecule has 25 heavy (non-hydrogen) atoms.